The Morgan fingerprint density at radius 2 is 1.95 bits per heavy atom. The molecule has 0 aromatic heterocycles. The summed E-state index contributed by atoms with van der Waals surface area (Å²) in [5.74, 6) is 0.593. The predicted octanol–water partition coefficient (Wildman–Crippen LogP) is 3.81. The maximum absolute atomic E-state index is 12.6. The van der Waals surface area contributed by atoms with Gasteiger partial charge in [0.2, 0.25) is 5.91 Å². The van der Waals surface area contributed by atoms with Crippen molar-refractivity contribution < 1.29 is 9.53 Å². The Hall–Kier alpha value is -2.02. The third-order valence-electron chi connectivity index (χ3n) is 4.29. The van der Waals surface area contributed by atoms with Crippen molar-refractivity contribution in [2.75, 3.05) is 12.4 Å². The summed E-state index contributed by atoms with van der Waals surface area (Å²) < 4.78 is 5.16. The first-order chi connectivity index (χ1) is 10.1. The molecule has 4 nitrogen and oxygen atoms in total. The van der Waals surface area contributed by atoms with E-state index in [-0.39, 0.29) is 5.91 Å². The Bertz CT molecular complexity index is 552. The molecule has 0 atom stereocenters. The smallest absolute Gasteiger partial charge is 0.244 e. The Morgan fingerprint density at radius 1 is 1.29 bits per heavy atom. The third-order valence-corrected chi connectivity index (χ3v) is 4.29. The zero-order chi connectivity index (χ0) is 15.3. The number of anilines is 1. The van der Waals surface area contributed by atoms with Gasteiger partial charge in [-0.2, -0.15) is 5.26 Å². The molecule has 1 aromatic rings. The predicted molar refractivity (Wildman–Crippen MR) is 82.1 cm³/mol. The standard InChI is InChI=1S/C17H22N2O2/c1-13-11-14(21-2)7-8-15(13)19-16(20)17(12-18)9-5-3-4-6-10-17/h7-8,11H,3-6,9-10H2,1-2H3,(H,19,20). The first kappa shape index (κ1) is 15.4. The van der Waals surface area contributed by atoms with Crippen LogP contribution >= 0.6 is 0 Å². The van der Waals surface area contributed by atoms with Gasteiger partial charge in [-0.05, 0) is 43.5 Å². The lowest BCUT2D eigenvalue weighted by Crippen LogP contribution is -2.34. The lowest BCUT2D eigenvalue weighted by molar-refractivity contribution is -0.123. The monoisotopic (exact) mass is 286 g/mol. The fraction of sp³-hybridized carbons (Fsp3) is 0.529. The summed E-state index contributed by atoms with van der Waals surface area (Å²) >= 11 is 0. The second kappa shape index (κ2) is 6.62. The number of benzene rings is 1. The van der Waals surface area contributed by atoms with E-state index in [2.05, 4.69) is 11.4 Å². The van der Waals surface area contributed by atoms with Gasteiger partial charge < -0.3 is 10.1 Å². The lowest BCUT2D eigenvalue weighted by atomic mass is 9.81. The van der Waals surface area contributed by atoms with Gasteiger partial charge in [0.1, 0.15) is 11.2 Å². The zero-order valence-electron chi connectivity index (χ0n) is 12.7. The molecule has 0 radical (unpaired) electrons. The van der Waals surface area contributed by atoms with Gasteiger partial charge in [0, 0.05) is 5.69 Å². The molecule has 1 aliphatic rings. The van der Waals surface area contributed by atoms with Crippen LogP contribution in [0.15, 0.2) is 18.2 Å². The molecule has 0 saturated heterocycles. The topological polar surface area (TPSA) is 62.1 Å². The number of nitrogens with zero attached hydrogens (tertiary/aromatic N) is 1. The molecular formula is C17H22N2O2. The number of amides is 1. The average molecular weight is 286 g/mol. The number of methoxy groups -OCH3 is 1. The van der Waals surface area contributed by atoms with Crippen LogP contribution in [0.2, 0.25) is 0 Å². The highest BCUT2D eigenvalue weighted by Crippen LogP contribution is 2.36. The van der Waals surface area contributed by atoms with Crippen LogP contribution in [0.1, 0.15) is 44.1 Å². The molecule has 0 heterocycles. The van der Waals surface area contributed by atoms with Crippen LogP contribution in [0.25, 0.3) is 0 Å². The summed E-state index contributed by atoms with van der Waals surface area (Å²) in [5.41, 5.74) is 0.812. The zero-order valence-corrected chi connectivity index (χ0v) is 12.7. The quantitative estimate of drug-likeness (QED) is 0.859. The van der Waals surface area contributed by atoms with Crippen LogP contribution in [0, 0.1) is 23.7 Å². The summed E-state index contributed by atoms with van der Waals surface area (Å²) in [7, 11) is 1.61. The molecule has 2 rings (SSSR count). The highest BCUT2D eigenvalue weighted by molar-refractivity contribution is 5.97. The van der Waals surface area contributed by atoms with E-state index in [0.29, 0.717) is 12.8 Å². The van der Waals surface area contributed by atoms with Crippen molar-refractivity contribution in [3.63, 3.8) is 0 Å². The summed E-state index contributed by atoms with van der Waals surface area (Å²) in [6, 6.07) is 7.80. The van der Waals surface area contributed by atoms with E-state index in [0.717, 1.165) is 42.7 Å². The number of carbonyl (C=O) groups is 1. The summed E-state index contributed by atoms with van der Waals surface area (Å²) in [4.78, 5) is 12.6. The summed E-state index contributed by atoms with van der Waals surface area (Å²) in [5, 5.41) is 12.5. The minimum absolute atomic E-state index is 0.167. The van der Waals surface area contributed by atoms with Gasteiger partial charge in [-0.1, -0.05) is 25.7 Å². The maximum atomic E-state index is 12.6. The molecular weight excluding hydrogens is 264 g/mol. The van der Waals surface area contributed by atoms with E-state index in [1.807, 2.05) is 25.1 Å². The van der Waals surface area contributed by atoms with E-state index in [1.54, 1.807) is 7.11 Å². The summed E-state index contributed by atoms with van der Waals surface area (Å²) in [6.45, 7) is 1.92. The molecule has 21 heavy (non-hydrogen) atoms. The van der Waals surface area contributed by atoms with Gasteiger partial charge in [-0.15, -0.1) is 0 Å². The normalized spacial score (nSPS) is 17.4. The highest BCUT2D eigenvalue weighted by Gasteiger charge is 2.39. The number of aryl methyl sites for hydroxylation is 1. The van der Waals surface area contributed by atoms with Gasteiger partial charge in [0.05, 0.1) is 13.2 Å². The van der Waals surface area contributed by atoms with Crippen LogP contribution in [0.5, 0.6) is 5.75 Å². The number of rotatable bonds is 3. The maximum Gasteiger partial charge on any atom is 0.244 e. The van der Waals surface area contributed by atoms with Gasteiger partial charge in [-0.25, -0.2) is 0 Å². The minimum Gasteiger partial charge on any atom is -0.497 e. The Morgan fingerprint density at radius 3 is 2.48 bits per heavy atom. The largest absolute Gasteiger partial charge is 0.497 e. The van der Waals surface area contributed by atoms with Crippen molar-refractivity contribution in [3.8, 4) is 11.8 Å². The Kier molecular flexibility index (Phi) is 4.85. The van der Waals surface area contributed by atoms with E-state index >= 15 is 0 Å². The van der Waals surface area contributed by atoms with Crippen LogP contribution in [-0.4, -0.2) is 13.0 Å². The number of nitrogens with one attached hydrogen (secondary N) is 1. The Balaban J connectivity index is 2.18. The fourth-order valence-corrected chi connectivity index (χ4v) is 2.87. The number of hydrogen-bond acceptors (Lipinski definition) is 3. The van der Waals surface area contributed by atoms with Crippen molar-refractivity contribution in [2.45, 2.75) is 45.4 Å². The van der Waals surface area contributed by atoms with Crippen molar-refractivity contribution >= 4 is 11.6 Å². The summed E-state index contributed by atoms with van der Waals surface area (Å²) in [6.07, 6.45) is 5.43. The number of nitriles is 1. The molecule has 112 valence electrons. The van der Waals surface area contributed by atoms with Crippen molar-refractivity contribution in [1.82, 2.24) is 0 Å². The molecule has 1 fully saturated rings. The van der Waals surface area contributed by atoms with E-state index < -0.39 is 5.41 Å². The number of ether oxygens (including phenoxy) is 1. The van der Waals surface area contributed by atoms with Crippen LogP contribution in [-0.2, 0) is 4.79 Å². The van der Waals surface area contributed by atoms with E-state index in [4.69, 9.17) is 4.74 Å². The first-order valence-corrected chi connectivity index (χ1v) is 7.49. The second-order valence-corrected chi connectivity index (χ2v) is 5.74. The van der Waals surface area contributed by atoms with Crippen LogP contribution in [0.4, 0.5) is 5.69 Å². The molecule has 0 unspecified atom stereocenters. The molecule has 4 heteroatoms. The van der Waals surface area contributed by atoms with Gasteiger partial charge >= 0.3 is 0 Å². The van der Waals surface area contributed by atoms with E-state index in [1.165, 1.54) is 0 Å². The molecule has 0 bridgehead atoms. The minimum atomic E-state index is -0.872. The first-order valence-electron chi connectivity index (χ1n) is 7.49. The molecule has 0 aliphatic heterocycles. The van der Waals surface area contributed by atoms with Crippen molar-refractivity contribution in [3.05, 3.63) is 23.8 Å². The third kappa shape index (κ3) is 3.36. The van der Waals surface area contributed by atoms with Crippen molar-refractivity contribution in [2.24, 2.45) is 5.41 Å². The van der Waals surface area contributed by atoms with E-state index in [9.17, 15) is 10.1 Å². The Labute approximate surface area is 126 Å². The fourth-order valence-electron chi connectivity index (χ4n) is 2.87. The molecule has 1 amide bonds. The molecule has 0 spiro atoms. The van der Waals surface area contributed by atoms with Crippen LogP contribution in [0.3, 0.4) is 0 Å². The number of carbonyl (C=O) groups excluding carboxylic acids is 1. The van der Waals surface area contributed by atoms with Gasteiger partial charge in [0.25, 0.3) is 0 Å². The van der Waals surface area contributed by atoms with Gasteiger partial charge in [0.15, 0.2) is 0 Å². The average Bonchev–Trinajstić information content (AvgIpc) is 2.75. The van der Waals surface area contributed by atoms with Gasteiger partial charge in [-0.3, -0.25) is 4.79 Å². The molecule has 1 N–H and O–H groups in total. The second-order valence-electron chi connectivity index (χ2n) is 5.74. The van der Waals surface area contributed by atoms with Crippen molar-refractivity contribution in [1.29, 1.82) is 5.26 Å². The molecule has 1 saturated carbocycles. The highest BCUT2D eigenvalue weighted by atomic mass is 16.5. The van der Waals surface area contributed by atoms with Crippen LogP contribution < -0.4 is 10.1 Å². The SMILES string of the molecule is COc1ccc(NC(=O)C2(C#N)CCCCCC2)c(C)c1. The molecule has 1 aliphatic carbocycles. The lowest BCUT2D eigenvalue weighted by Gasteiger charge is -2.24. The molecule has 1 aromatic carbocycles. The number of hydrogen-bond donors (Lipinski definition) is 1.